The Morgan fingerprint density at radius 3 is 2.42 bits per heavy atom. The number of furan rings is 1. The Labute approximate surface area is 161 Å². The van der Waals surface area contributed by atoms with Crippen molar-refractivity contribution in [2.45, 2.75) is 45.2 Å². The molecule has 3 rings (SSSR count). The Kier molecular flexibility index (Phi) is 5.81. The maximum Gasteiger partial charge on any atom is 0.287 e. The van der Waals surface area contributed by atoms with Gasteiger partial charge in [0.2, 0.25) is 5.91 Å². The van der Waals surface area contributed by atoms with E-state index in [1.807, 2.05) is 4.90 Å². The largest absolute Gasteiger partial charge is 0.444 e. The second kappa shape index (κ2) is 8.08. The molecule has 1 aliphatic carbocycles. The highest BCUT2D eigenvalue weighted by atomic mass is 79.9. The van der Waals surface area contributed by atoms with Crippen molar-refractivity contribution in [1.29, 1.82) is 0 Å². The van der Waals surface area contributed by atoms with Gasteiger partial charge in [-0.1, -0.05) is 38.1 Å². The number of carbonyl (C=O) groups is 2. The van der Waals surface area contributed by atoms with E-state index < -0.39 is 0 Å². The molecule has 1 N–H and O–H groups in total. The molecule has 1 aromatic heterocycles. The van der Waals surface area contributed by atoms with Gasteiger partial charge >= 0.3 is 0 Å². The van der Waals surface area contributed by atoms with Gasteiger partial charge in [0.25, 0.3) is 5.91 Å². The lowest BCUT2D eigenvalue weighted by atomic mass is 10.0. The number of hydrogen-bond acceptors (Lipinski definition) is 3. The van der Waals surface area contributed by atoms with Crippen molar-refractivity contribution >= 4 is 27.7 Å². The lowest BCUT2D eigenvalue weighted by Gasteiger charge is -2.23. The van der Waals surface area contributed by atoms with Gasteiger partial charge in [0.15, 0.2) is 10.4 Å². The van der Waals surface area contributed by atoms with Crippen molar-refractivity contribution in [3.8, 4) is 0 Å². The van der Waals surface area contributed by atoms with Crippen molar-refractivity contribution in [3.63, 3.8) is 0 Å². The molecule has 138 valence electrons. The Morgan fingerprint density at radius 2 is 1.88 bits per heavy atom. The molecule has 0 aliphatic heterocycles. The van der Waals surface area contributed by atoms with Crippen LogP contribution in [-0.4, -0.2) is 29.3 Å². The van der Waals surface area contributed by atoms with E-state index >= 15 is 0 Å². The fourth-order valence-electron chi connectivity index (χ4n) is 2.79. The second-order valence-corrected chi connectivity index (χ2v) is 7.72. The SMILES string of the molecule is CC(C)c1ccc(CN(C(=O)CNC(=O)c2ccc(Br)o2)C2CC2)cc1. The first-order chi connectivity index (χ1) is 12.4. The van der Waals surface area contributed by atoms with Gasteiger partial charge in [-0.25, -0.2) is 0 Å². The van der Waals surface area contributed by atoms with Gasteiger partial charge < -0.3 is 14.6 Å². The summed E-state index contributed by atoms with van der Waals surface area (Å²) in [7, 11) is 0. The van der Waals surface area contributed by atoms with Crippen molar-refractivity contribution in [2.75, 3.05) is 6.54 Å². The van der Waals surface area contributed by atoms with Gasteiger partial charge in [0.1, 0.15) is 0 Å². The van der Waals surface area contributed by atoms with Gasteiger partial charge in [-0.3, -0.25) is 9.59 Å². The summed E-state index contributed by atoms with van der Waals surface area (Å²) in [5, 5.41) is 2.64. The van der Waals surface area contributed by atoms with Crippen LogP contribution in [0.2, 0.25) is 0 Å². The summed E-state index contributed by atoms with van der Waals surface area (Å²) in [4.78, 5) is 26.5. The van der Waals surface area contributed by atoms with Crippen LogP contribution in [0.3, 0.4) is 0 Å². The quantitative estimate of drug-likeness (QED) is 0.736. The highest BCUT2D eigenvalue weighted by Gasteiger charge is 2.32. The van der Waals surface area contributed by atoms with E-state index in [0.717, 1.165) is 18.4 Å². The van der Waals surface area contributed by atoms with Gasteiger partial charge in [-0.15, -0.1) is 0 Å². The molecule has 1 aliphatic rings. The average Bonchev–Trinajstić information content (AvgIpc) is 3.37. The first-order valence-electron chi connectivity index (χ1n) is 8.86. The zero-order valence-electron chi connectivity index (χ0n) is 15.0. The standard InChI is InChI=1S/C20H23BrN2O3/c1-13(2)15-5-3-14(4-6-15)12-23(16-7-8-16)19(24)11-22-20(25)17-9-10-18(21)26-17/h3-6,9-10,13,16H,7-8,11-12H2,1-2H3,(H,22,25). The van der Waals surface area contributed by atoms with Crippen LogP contribution >= 0.6 is 15.9 Å². The Hall–Kier alpha value is -2.08. The van der Waals surface area contributed by atoms with Crippen LogP contribution in [0.15, 0.2) is 45.5 Å². The number of carbonyl (C=O) groups excluding carboxylic acids is 2. The predicted octanol–water partition coefficient (Wildman–Crippen LogP) is 4.09. The van der Waals surface area contributed by atoms with Crippen molar-refractivity contribution in [1.82, 2.24) is 10.2 Å². The van der Waals surface area contributed by atoms with Crippen LogP contribution in [-0.2, 0) is 11.3 Å². The van der Waals surface area contributed by atoms with E-state index in [9.17, 15) is 9.59 Å². The van der Waals surface area contributed by atoms with Crippen LogP contribution in [0, 0.1) is 0 Å². The van der Waals surface area contributed by atoms with Gasteiger partial charge in [0, 0.05) is 12.6 Å². The number of nitrogens with zero attached hydrogens (tertiary/aromatic N) is 1. The van der Waals surface area contributed by atoms with Gasteiger partial charge in [-0.2, -0.15) is 0 Å². The minimum absolute atomic E-state index is 0.0300. The van der Waals surface area contributed by atoms with Crippen LogP contribution < -0.4 is 5.32 Å². The summed E-state index contributed by atoms with van der Waals surface area (Å²) in [6.45, 7) is 4.87. The molecule has 0 atom stereocenters. The highest BCUT2D eigenvalue weighted by Crippen LogP contribution is 2.28. The second-order valence-electron chi connectivity index (χ2n) is 6.94. The summed E-state index contributed by atoms with van der Waals surface area (Å²) in [5.41, 5.74) is 2.39. The molecule has 1 aromatic carbocycles. The minimum atomic E-state index is -0.388. The van der Waals surface area contributed by atoms with Crippen molar-refractivity contribution in [2.24, 2.45) is 0 Å². The van der Waals surface area contributed by atoms with Crippen LogP contribution in [0.25, 0.3) is 0 Å². The number of halogens is 1. The van der Waals surface area contributed by atoms with Crippen LogP contribution in [0.5, 0.6) is 0 Å². The molecule has 1 fully saturated rings. The first kappa shape index (κ1) is 18.7. The third-order valence-electron chi connectivity index (χ3n) is 4.50. The van der Waals surface area contributed by atoms with Gasteiger partial charge in [0.05, 0.1) is 6.54 Å². The molecule has 0 spiro atoms. The van der Waals surface area contributed by atoms with Gasteiger partial charge in [-0.05, 0) is 57.9 Å². The van der Waals surface area contributed by atoms with E-state index in [1.54, 1.807) is 12.1 Å². The van der Waals surface area contributed by atoms with E-state index in [0.29, 0.717) is 17.1 Å². The number of hydrogen-bond donors (Lipinski definition) is 1. The molecule has 5 nitrogen and oxygen atoms in total. The lowest BCUT2D eigenvalue weighted by Crippen LogP contribution is -2.41. The molecule has 0 saturated heterocycles. The molecule has 0 radical (unpaired) electrons. The molecule has 2 aromatic rings. The van der Waals surface area contributed by atoms with E-state index in [1.165, 1.54) is 5.56 Å². The monoisotopic (exact) mass is 418 g/mol. The molecular formula is C20H23BrN2O3. The summed E-state index contributed by atoms with van der Waals surface area (Å²) < 4.78 is 5.69. The molecule has 1 heterocycles. The summed E-state index contributed by atoms with van der Waals surface area (Å²) in [6.07, 6.45) is 2.05. The Balaban J connectivity index is 1.58. The van der Waals surface area contributed by atoms with Crippen molar-refractivity contribution in [3.05, 3.63) is 58.0 Å². The van der Waals surface area contributed by atoms with E-state index in [2.05, 4.69) is 59.4 Å². The fraction of sp³-hybridized carbons (Fsp3) is 0.400. The smallest absolute Gasteiger partial charge is 0.287 e. The van der Waals surface area contributed by atoms with Crippen LogP contribution in [0.1, 0.15) is 54.3 Å². The zero-order valence-corrected chi connectivity index (χ0v) is 16.6. The minimum Gasteiger partial charge on any atom is -0.444 e. The molecule has 1 saturated carbocycles. The predicted molar refractivity (Wildman–Crippen MR) is 103 cm³/mol. The average molecular weight is 419 g/mol. The van der Waals surface area contributed by atoms with E-state index in [4.69, 9.17) is 4.42 Å². The molecule has 6 heteroatoms. The third kappa shape index (κ3) is 4.75. The van der Waals surface area contributed by atoms with Crippen molar-refractivity contribution < 1.29 is 14.0 Å². The number of amides is 2. The normalized spacial score (nSPS) is 13.7. The zero-order chi connectivity index (χ0) is 18.7. The maximum absolute atomic E-state index is 12.6. The molecule has 26 heavy (non-hydrogen) atoms. The highest BCUT2D eigenvalue weighted by molar-refractivity contribution is 9.10. The number of rotatable bonds is 7. The molecule has 2 amide bonds. The topological polar surface area (TPSA) is 62.6 Å². The maximum atomic E-state index is 12.6. The van der Waals surface area contributed by atoms with E-state index in [-0.39, 0.29) is 30.2 Å². The third-order valence-corrected chi connectivity index (χ3v) is 4.93. The number of benzene rings is 1. The lowest BCUT2D eigenvalue weighted by molar-refractivity contribution is -0.131. The Morgan fingerprint density at radius 1 is 1.19 bits per heavy atom. The molecular weight excluding hydrogens is 396 g/mol. The number of nitrogens with one attached hydrogen (secondary N) is 1. The first-order valence-corrected chi connectivity index (χ1v) is 9.65. The molecule has 0 bridgehead atoms. The summed E-state index contributed by atoms with van der Waals surface area (Å²) >= 11 is 3.16. The summed E-state index contributed by atoms with van der Waals surface area (Å²) in [6, 6.07) is 11.9. The summed E-state index contributed by atoms with van der Waals surface area (Å²) in [5.74, 6) is 0.217. The molecule has 0 unspecified atom stereocenters. The fourth-order valence-corrected chi connectivity index (χ4v) is 3.10. The Bertz CT molecular complexity index is 779. The van der Waals surface area contributed by atoms with Crippen LogP contribution in [0.4, 0.5) is 0 Å².